The lowest BCUT2D eigenvalue weighted by molar-refractivity contribution is -0.138. The van der Waals surface area contributed by atoms with Gasteiger partial charge < -0.3 is 24.6 Å². The molecule has 194 valence electrons. The third-order valence-electron chi connectivity index (χ3n) is 7.13. The van der Waals surface area contributed by atoms with Gasteiger partial charge in [0.05, 0.1) is 25.7 Å². The van der Waals surface area contributed by atoms with Crippen molar-refractivity contribution in [2.75, 3.05) is 34.9 Å². The van der Waals surface area contributed by atoms with Crippen LogP contribution >= 0.6 is 0 Å². The van der Waals surface area contributed by atoms with Crippen molar-refractivity contribution in [3.8, 4) is 11.5 Å². The van der Waals surface area contributed by atoms with Gasteiger partial charge in [-0.2, -0.15) is 0 Å². The van der Waals surface area contributed by atoms with Gasteiger partial charge in [-0.1, -0.05) is 49.2 Å². The summed E-state index contributed by atoms with van der Waals surface area (Å²) in [5, 5.41) is 22.2. The molecule has 0 bridgehead atoms. The zero-order valence-corrected chi connectivity index (χ0v) is 22.0. The van der Waals surface area contributed by atoms with E-state index in [0.29, 0.717) is 5.92 Å². The Balaban J connectivity index is 0.000000202. The van der Waals surface area contributed by atoms with Crippen molar-refractivity contribution >= 4 is 16.7 Å². The van der Waals surface area contributed by atoms with Crippen LogP contribution in [0.15, 0.2) is 60.7 Å². The first-order chi connectivity index (χ1) is 17.2. The normalized spacial score (nSPS) is 20.4. The van der Waals surface area contributed by atoms with Crippen LogP contribution in [0.2, 0.25) is 0 Å². The molecule has 2 N–H and O–H groups in total. The second kappa shape index (κ2) is 12.2. The van der Waals surface area contributed by atoms with Gasteiger partial charge in [0.25, 0.3) is 0 Å². The third kappa shape index (κ3) is 6.56. The maximum absolute atomic E-state index is 11.2. The average Bonchev–Trinajstić information content (AvgIpc) is 2.89. The Kier molecular flexibility index (Phi) is 9.35. The quantitative estimate of drug-likeness (QED) is 0.441. The highest BCUT2D eigenvalue weighted by Crippen LogP contribution is 2.42. The number of nitrogens with zero attached hydrogens (tertiary/aromatic N) is 1. The first-order valence-corrected chi connectivity index (χ1v) is 12.5. The highest BCUT2D eigenvalue weighted by molar-refractivity contribution is 5.86. The van der Waals surface area contributed by atoms with E-state index in [1.165, 1.54) is 6.42 Å². The molecule has 3 atom stereocenters. The van der Waals surface area contributed by atoms with Crippen LogP contribution in [0.25, 0.3) is 10.8 Å². The Morgan fingerprint density at radius 1 is 1.00 bits per heavy atom. The molecule has 3 aromatic rings. The van der Waals surface area contributed by atoms with Crippen LogP contribution in [-0.2, 0) is 10.4 Å². The Labute approximate surface area is 214 Å². The van der Waals surface area contributed by atoms with Gasteiger partial charge in [0, 0.05) is 12.5 Å². The summed E-state index contributed by atoms with van der Waals surface area (Å²) in [5.41, 5.74) is 1.10. The minimum Gasteiger partial charge on any atom is -0.497 e. The second-order valence-electron chi connectivity index (χ2n) is 9.89. The van der Waals surface area contributed by atoms with E-state index in [-0.39, 0.29) is 0 Å². The van der Waals surface area contributed by atoms with E-state index in [2.05, 4.69) is 19.0 Å². The minimum absolute atomic E-state index is 0.295. The molecule has 36 heavy (non-hydrogen) atoms. The summed E-state index contributed by atoms with van der Waals surface area (Å²) in [6, 6.07) is 19.3. The standard InChI is InChI=1S/C16H25NO2.C14H14O3/c1-17(2)12-14-7-4-5-10-16(14,18)13-8-6-9-15(11-13)19-3;1-9(14(15)16)10-3-4-12-8-13(17-2)6-5-11(12)7-10/h6,8-9,11,14,18H,4-5,7,10,12H2,1-3H3;3-9H,1-2H3,(H,15,16)/t14-,16+;9-/m11/s1. The number of aliphatic carboxylic acids is 1. The third-order valence-corrected chi connectivity index (χ3v) is 7.13. The van der Waals surface area contributed by atoms with E-state index in [9.17, 15) is 9.90 Å². The molecule has 0 heterocycles. The molecule has 1 aliphatic rings. The highest BCUT2D eigenvalue weighted by atomic mass is 16.5. The topological polar surface area (TPSA) is 79.2 Å². The van der Waals surface area contributed by atoms with Crippen molar-refractivity contribution in [2.45, 2.75) is 44.1 Å². The molecule has 1 fully saturated rings. The fourth-order valence-corrected chi connectivity index (χ4v) is 4.96. The van der Waals surface area contributed by atoms with Gasteiger partial charge in [0.1, 0.15) is 11.5 Å². The molecule has 0 aliphatic heterocycles. The summed E-state index contributed by atoms with van der Waals surface area (Å²) in [4.78, 5) is 13.1. The molecule has 0 unspecified atom stereocenters. The first-order valence-electron chi connectivity index (χ1n) is 12.5. The smallest absolute Gasteiger partial charge is 0.310 e. The van der Waals surface area contributed by atoms with Crippen molar-refractivity contribution in [1.29, 1.82) is 0 Å². The number of hydrogen-bond acceptors (Lipinski definition) is 5. The number of fused-ring (bicyclic) bond motifs is 1. The predicted octanol–water partition coefficient (Wildman–Crippen LogP) is 5.67. The molecule has 4 rings (SSSR count). The van der Waals surface area contributed by atoms with E-state index < -0.39 is 17.5 Å². The zero-order valence-electron chi connectivity index (χ0n) is 22.0. The maximum Gasteiger partial charge on any atom is 0.310 e. The van der Waals surface area contributed by atoms with Crippen LogP contribution in [0.4, 0.5) is 0 Å². The predicted molar refractivity (Wildman–Crippen MR) is 144 cm³/mol. The largest absolute Gasteiger partial charge is 0.497 e. The van der Waals surface area contributed by atoms with Gasteiger partial charge in [-0.25, -0.2) is 0 Å². The fourth-order valence-electron chi connectivity index (χ4n) is 4.96. The molecule has 0 radical (unpaired) electrons. The summed E-state index contributed by atoms with van der Waals surface area (Å²) in [6.07, 6.45) is 4.24. The first kappa shape index (κ1) is 27.5. The zero-order chi connectivity index (χ0) is 26.3. The number of carbonyl (C=O) groups is 1. The number of rotatable bonds is 7. The molecule has 0 saturated heterocycles. The Bertz CT molecular complexity index is 1160. The number of ether oxygens (including phenoxy) is 2. The molecule has 6 nitrogen and oxygen atoms in total. The van der Waals surface area contributed by atoms with Crippen molar-refractivity contribution < 1.29 is 24.5 Å². The van der Waals surface area contributed by atoms with E-state index in [1.807, 2.05) is 60.7 Å². The SMILES string of the molecule is COc1ccc2cc([C@@H](C)C(=O)O)ccc2c1.COc1cccc([C@@]2(O)CCCC[C@@H]2CN(C)C)c1. The van der Waals surface area contributed by atoms with Crippen LogP contribution in [0.3, 0.4) is 0 Å². The lowest BCUT2D eigenvalue weighted by Crippen LogP contribution is -2.43. The summed E-state index contributed by atoms with van der Waals surface area (Å²) >= 11 is 0. The van der Waals surface area contributed by atoms with Gasteiger partial charge in [-0.05, 0) is 80.0 Å². The monoisotopic (exact) mass is 493 g/mol. The molecule has 1 aliphatic carbocycles. The highest BCUT2D eigenvalue weighted by Gasteiger charge is 2.40. The van der Waals surface area contributed by atoms with Gasteiger partial charge >= 0.3 is 5.97 Å². The number of carboxylic acids is 1. The van der Waals surface area contributed by atoms with Crippen LogP contribution in [0.1, 0.15) is 49.7 Å². The van der Waals surface area contributed by atoms with Gasteiger partial charge in [-0.15, -0.1) is 0 Å². The lowest BCUT2D eigenvalue weighted by Gasteiger charge is -2.41. The van der Waals surface area contributed by atoms with E-state index in [4.69, 9.17) is 14.6 Å². The van der Waals surface area contributed by atoms with Gasteiger partial charge in [0.2, 0.25) is 0 Å². The summed E-state index contributed by atoms with van der Waals surface area (Å²) in [5.74, 6) is 0.624. The molecule has 0 aromatic heterocycles. The van der Waals surface area contributed by atoms with E-state index in [1.54, 1.807) is 21.1 Å². The van der Waals surface area contributed by atoms with Crippen LogP contribution in [-0.4, -0.2) is 55.9 Å². The van der Waals surface area contributed by atoms with Crippen LogP contribution < -0.4 is 9.47 Å². The molecular weight excluding hydrogens is 454 g/mol. The van der Waals surface area contributed by atoms with Crippen molar-refractivity contribution in [3.63, 3.8) is 0 Å². The number of hydrogen-bond donors (Lipinski definition) is 2. The maximum atomic E-state index is 11.2. The fraction of sp³-hybridized carbons (Fsp3) is 0.433. The van der Waals surface area contributed by atoms with Crippen LogP contribution in [0, 0.1) is 5.92 Å². The van der Waals surface area contributed by atoms with E-state index in [0.717, 1.165) is 59.2 Å². The van der Waals surface area contributed by atoms with Crippen molar-refractivity contribution in [2.24, 2.45) is 5.92 Å². The number of methoxy groups -OCH3 is 2. The average molecular weight is 494 g/mol. The molecule has 0 amide bonds. The molecular formula is C30H39NO5. The van der Waals surface area contributed by atoms with Gasteiger partial charge in [-0.3, -0.25) is 4.79 Å². The molecule has 0 spiro atoms. The van der Waals surface area contributed by atoms with Crippen molar-refractivity contribution in [1.82, 2.24) is 4.90 Å². The molecule has 6 heteroatoms. The van der Waals surface area contributed by atoms with Gasteiger partial charge in [0.15, 0.2) is 0 Å². The minimum atomic E-state index is -0.808. The molecule has 3 aromatic carbocycles. The second-order valence-corrected chi connectivity index (χ2v) is 9.89. The Hall–Kier alpha value is -3.09. The Morgan fingerprint density at radius 2 is 1.67 bits per heavy atom. The molecule has 1 saturated carbocycles. The summed E-state index contributed by atoms with van der Waals surface area (Å²) < 4.78 is 10.4. The lowest BCUT2D eigenvalue weighted by atomic mass is 9.71. The van der Waals surface area contributed by atoms with Crippen LogP contribution in [0.5, 0.6) is 11.5 Å². The van der Waals surface area contributed by atoms with Crippen molar-refractivity contribution in [3.05, 3.63) is 71.8 Å². The summed E-state index contributed by atoms with van der Waals surface area (Å²) in [7, 11) is 7.44. The number of benzene rings is 3. The summed E-state index contributed by atoms with van der Waals surface area (Å²) in [6.45, 7) is 2.61. The Morgan fingerprint density at radius 3 is 2.33 bits per heavy atom. The van der Waals surface area contributed by atoms with E-state index >= 15 is 0 Å². The number of aliphatic hydroxyl groups is 1. The number of carboxylic acid groups (broad SMARTS) is 1.